The molecule has 4 nitrogen and oxygen atoms in total. The fraction of sp³-hybridized carbons (Fsp3) is 0.231. The number of benzene rings is 1. The van der Waals surface area contributed by atoms with Crippen molar-refractivity contribution in [1.29, 1.82) is 0 Å². The van der Waals surface area contributed by atoms with Gasteiger partial charge >= 0.3 is 6.18 Å². The Hall–Kier alpha value is -1.83. The van der Waals surface area contributed by atoms with Gasteiger partial charge in [-0.15, -0.1) is 0 Å². The number of methoxy groups -OCH3 is 1. The Kier molecular flexibility index (Phi) is 4.36. The highest BCUT2D eigenvalue weighted by Crippen LogP contribution is 2.27. The van der Waals surface area contributed by atoms with Gasteiger partial charge in [0.15, 0.2) is 0 Å². The summed E-state index contributed by atoms with van der Waals surface area (Å²) < 4.78 is 44.3. The Morgan fingerprint density at radius 3 is 2.43 bits per heavy atom. The summed E-state index contributed by atoms with van der Waals surface area (Å²) >= 11 is 2.90. The van der Waals surface area contributed by atoms with Gasteiger partial charge in [0.05, 0.1) is 13.7 Å². The molecular weight excluding hydrogens is 353 g/mol. The number of hydrogen-bond donors (Lipinski definition) is 0. The fourth-order valence-corrected chi connectivity index (χ4v) is 2.07. The lowest BCUT2D eigenvalue weighted by Gasteiger charge is -2.14. The SMILES string of the molecule is COc1ccc(Cn2c(C(F)(F)F)ncc(Br)c2=O)cc1. The molecule has 0 aliphatic carbocycles. The Bertz CT molecular complexity index is 696. The van der Waals surface area contributed by atoms with Crippen molar-refractivity contribution in [3.05, 3.63) is 56.7 Å². The van der Waals surface area contributed by atoms with Crippen molar-refractivity contribution in [2.45, 2.75) is 12.7 Å². The van der Waals surface area contributed by atoms with Crippen LogP contribution in [0.2, 0.25) is 0 Å². The molecule has 112 valence electrons. The Morgan fingerprint density at radius 1 is 1.29 bits per heavy atom. The summed E-state index contributed by atoms with van der Waals surface area (Å²) in [5, 5.41) is 0. The number of aromatic nitrogens is 2. The monoisotopic (exact) mass is 362 g/mol. The Morgan fingerprint density at radius 2 is 1.90 bits per heavy atom. The van der Waals surface area contributed by atoms with Crippen molar-refractivity contribution in [1.82, 2.24) is 9.55 Å². The zero-order valence-electron chi connectivity index (χ0n) is 10.8. The zero-order chi connectivity index (χ0) is 15.6. The molecule has 0 aliphatic rings. The molecule has 8 heteroatoms. The van der Waals surface area contributed by atoms with E-state index >= 15 is 0 Å². The average Bonchev–Trinajstić information content (AvgIpc) is 2.43. The molecule has 1 aromatic heterocycles. The fourth-order valence-electron chi connectivity index (χ4n) is 1.75. The van der Waals surface area contributed by atoms with Crippen LogP contribution in [0.4, 0.5) is 13.2 Å². The second kappa shape index (κ2) is 5.88. The summed E-state index contributed by atoms with van der Waals surface area (Å²) in [6.45, 7) is -0.232. The van der Waals surface area contributed by atoms with Crippen LogP contribution in [0.25, 0.3) is 0 Å². The summed E-state index contributed by atoms with van der Waals surface area (Å²) in [4.78, 5) is 15.2. The molecule has 0 amide bonds. The Balaban J connectivity index is 2.46. The van der Waals surface area contributed by atoms with Gasteiger partial charge in [-0.25, -0.2) is 4.98 Å². The minimum Gasteiger partial charge on any atom is -0.497 e. The van der Waals surface area contributed by atoms with Crippen molar-refractivity contribution < 1.29 is 17.9 Å². The molecule has 0 bridgehead atoms. The highest BCUT2D eigenvalue weighted by molar-refractivity contribution is 9.10. The molecule has 1 heterocycles. The van der Waals surface area contributed by atoms with E-state index in [4.69, 9.17) is 4.74 Å². The second-order valence-corrected chi connectivity index (χ2v) is 5.02. The molecule has 0 unspecified atom stereocenters. The van der Waals surface area contributed by atoms with Crippen LogP contribution in [0.5, 0.6) is 5.75 Å². The summed E-state index contributed by atoms with van der Waals surface area (Å²) in [7, 11) is 1.49. The first-order valence-corrected chi connectivity index (χ1v) is 6.57. The van der Waals surface area contributed by atoms with Gasteiger partial charge in [-0.2, -0.15) is 13.2 Å². The first-order valence-electron chi connectivity index (χ1n) is 5.78. The van der Waals surface area contributed by atoms with Gasteiger partial charge in [0.2, 0.25) is 5.82 Å². The van der Waals surface area contributed by atoms with E-state index in [-0.39, 0.29) is 11.0 Å². The number of alkyl halides is 3. The standard InChI is InChI=1S/C13H10BrF3N2O2/c1-21-9-4-2-8(3-5-9)7-19-11(20)10(14)6-18-12(19)13(15,16)17/h2-6H,7H2,1H3. The maximum absolute atomic E-state index is 12.9. The third-order valence-electron chi connectivity index (χ3n) is 2.76. The van der Waals surface area contributed by atoms with E-state index in [0.717, 1.165) is 6.20 Å². The third kappa shape index (κ3) is 3.44. The molecule has 0 fully saturated rings. The molecule has 21 heavy (non-hydrogen) atoms. The molecule has 0 saturated carbocycles. The van der Waals surface area contributed by atoms with Crippen LogP contribution in [0.15, 0.2) is 39.7 Å². The lowest BCUT2D eigenvalue weighted by Crippen LogP contribution is -2.30. The minimum absolute atomic E-state index is 0.0241. The average molecular weight is 363 g/mol. The van der Waals surface area contributed by atoms with Crippen LogP contribution in [0, 0.1) is 0 Å². The van der Waals surface area contributed by atoms with Crippen molar-refractivity contribution in [3.8, 4) is 5.75 Å². The minimum atomic E-state index is -4.70. The van der Waals surface area contributed by atoms with E-state index in [9.17, 15) is 18.0 Å². The molecule has 2 rings (SSSR count). The van der Waals surface area contributed by atoms with Crippen molar-refractivity contribution in [2.24, 2.45) is 0 Å². The van der Waals surface area contributed by atoms with Gasteiger partial charge in [0.25, 0.3) is 5.56 Å². The van der Waals surface area contributed by atoms with Crippen LogP contribution in [0.1, 0.15) is 11.4 Å². The predicted octanol–water partition coefficient (Wildman–Crippen LogP) is 3.08. The van der Waals surface area contributed by atoms with E-state index in [1.54, 1.807) is 24.3 Å². The predicted molar refractivity (Wildman–Crippen MR) is 73.3 cm³/mol. The number of nitrogens with zero attached hydrogens (tertiary/aromatic N) is 2. The molecular formula is C13H10BrF3N2O2. The van der Waals surface area contributed by atoms with Gasteiger partial charge < -0.3 is 4.74 Å². The lowest BCUT2D eigenvalue weighted by atomic mass is 10.2. The van der Waals surface area contributed by atoms with Gasteiger partial charge in [-0.3, -0.25) is 9.36 Å². The molecule has 0 spiro atoms. The first-order chi connectivity index (χ1) is 9.82. The van der Waals surface area contributed by atoms with E-state index in [1.807, 2.05) is 0 Å². The molecule has 0 N–H and O–H groups in total. The number of halogens is 4. The van der Waals surface area contributed by atoms with E-state index in [0.29, 0.717) is 15.9 Å². The maximum atomic E-state index is 12.9. The molecule has 0 saturated heterocycles. The first kappa shape index (κ1) is 15.6. The van der Waals surface area contributed by atoms with Gasteiger partial charge in [0, 0.05) is 6.20 Å². The van der Waals surface area contributed by atoms with Crippen molar-refractivity contribution >= 4 is 15.9 Å². The third-order valence-corrected chi connectivity index (χ3v) is 3.30. The van der Waals surface area contributed by atoms with Crippen LogP contribution >= 0.6 is 15.9 Å². The van der Waals surface area contributed by atoms with Crippen LogP contribution < -0.4 is 10.3 Å². The highest BCUT2D eigenvalue weighted by atomic mass is 79.9. The molecule has 0 aliphatic heterocycles. The normalized spacial score (nSPS) is 11.5. The van der Waals surface area contributed by atoms with Crippen LogP contribution in [-0.4, -0.2) is 16.7 Å². The van der Waals surface area contributed by atoms with E-state index in [2.05, 4.69) is 20.9 Å². The maximum Gasteiger partial charge on any atom is 0.449 e. The topological polar surface area (TPSA) is 44.1 Å². The number of ether oxygens (including phenoxy) is 1. The van der Waals surface area contributed by atoms with Gasteiger partial charge in [-0.05, 0) is 33.6 Å². The molecule has 0 atom stereocenters. The largest absolute Gasteiger partial charge is 0.497 e. The van der Waals surface area contributed by atoms with E-state index < -0.39 is 17.6 Å². The zero-order valence-corrected chi connectivity index (χ0v) is 12.4. The quantitative estimate of drug-likeness (QED) is 0.842. The highest BCUT2D eigenvalue weighted by Gasteiger charge is 2.36. The molecule has 2 aromatic rings. The number of hydrogen-bond acceptors (Lipinski definition) is 3. The summed E-state index contributed by atoms with van der Waals surface area (Å²) in [5.41, 5.74) is -0.253. The smallest absolute Gasteiger partial charge is 0.449 e. The summed E-state index contributed by atoms with van der Waals surface area (Å²) in [6.07, 6.45) is -3.85. The second-order valence-electron chi connectivity index (χ2n) is 4.17. The summed E-state index contributed by atoms with van der Waals surface area (Å²) in [5.74, 6) is -0.652. The lowest BCUT2D eigenvalue weighted by molar-refractivity contribution is -0.148. The molecule has 0 radical (unpaired) electrons. The summed E-state index contributed by atoms with van der Waals surface area (Å²) in [6, 6.07) is 6.40. The van der Waals surface area contributed by atoms with Crippen LogP contribution in [0.3, 0.4) is 0 Å². The van der Waals surface area contributed by atoms with Crippen LogP contribution in [-0.2, 0) is 12.7 Å². The van der Waals surface area contributed by atoms with Crippen molar-refractivity contribution in [2.75, 3.05) is 7.11 Å². The molecule has 1 aromatic carbocycles. The van der Waals surface area contributed by atoms with E-state index in [1.165, 1.54) is 7.11 Å². The van der Waals surface area contributed by atoms with Gasteiger partial charge in [-0.1, -0.05) is 12.1 Å². The Labute approximate surface area is 126 Å². The van der Waals surface area contributed by atoms with Crippen molar-refractivity contribution in [3.63, 3.8) is 0 Å². The number of rotatable bonds is 3. The van der Waals surface area contributed by atoms with Gasteiger partial charge in [0.1, 0.15) is 10.2 Å².